The van der Waals surface area contributed by atoms with E-state index in [4.69, 9.17) is 0 Å². The van der Waals surface area contributed by atoms with Crippen molar-refractivity contribution in [1.82, 2.24) is 0 Å². The average molecular weight is 312 g/mol. The minimum absolute atomic E-state index is 0.120. The van der Waals surface area contributed by atoms with E-state index in [0.717, 1.165) is 17.3 Å². The monoisotopic (exact) mass is 312 g/mol. The summed E-state index contributed by atoms with van der Waals surface area (Å²) in [6.45, 7) is 2.02. The van der Waals surface area contributed by atoms with E-state index in [2.05, 4.69) is 10.5 Å². The van der Waals surface area contributed by atoms with Crippen molar-refractivity contribution in [3.8, 4) is 0 Å². The third-order valence-corrected chi connectivity index (χ3v) is 3.77. The Morgan fingerprint density at radius 1 is 1.13 bits per heavy atom. The summed E-state index contributed by atoms with van der Waals surface area (Å²) >= 11 is 0. The lowest BCUT2D eigenvalue weighted by atomic mass is 9.83. The molecule has 0 atom stereocenters. The molecule has 8 heteroatoms. The van der Waals surface area contributed by atoms with E-state index in [-0.39, 0.29) is 17.1 Å². The van der Waals surface area contributed by atoms with Crippen LogP contribution in [0.2, 0.25) is 0 Å². The fourth-order valence-corrected chi connectivity index (χ4v) is 2.47. The first kappa shape index (κ1) is 14.6. The standard InChI is InChI=1S/C15H12N4O4/c1-9-3-2-4-11-12(9)8-14(11)17-16-13-6-5-10(18(20)21)7-15(13)19(22)23/h2-7,16H,8H2,1H3/b17-14-. The van der Waals surface area contributed by atoms with Gasteiger partial charge in [0, 0.05) is 18.1 Å². The number of nitro groups is 2. The fraction of sp³-hybridized carbons (Fsp3) is 0.133. The number of rotatable bonds is 4. The molecule has 0 heterocycles. The minimum atomic E-state index is -0.673. The van der Waals surface area contributed by atoms with Gasteiger partial charge in [0.25, 0.3) is 5.69 Å². The summed E-state index contributed by atoms with van der Waals surface area (Å²) in [6, 6.07) is 9.30. The maximum atomic E-state index is 11.1. The number of non-ortho nitro benzene ring substituents is 1. The molecule has 0 bridgehead atoms. The summed E-state index contributed by atoms with van der Waals surface area (Å²) in [4.78, 5) is 20.4. The molecule has 0 aromatic heterocycles. The van der Waals surface area contributed by atoms with Gasteiger partial charge in [-0.2, -0.15) is 5.10 Å². The van der Waals surface area contributed by atoms with E-state index in [0.29, 0.717) is 6.42 Å². The van der Waals surface area contributed by atoms with Gasteiger partial charge in [0.15, 0.2) is 0 Å². The smallest absolute Gasteiger partial charge is 0.271 e. The first-order valence-electron chi connectivity index (χ1n) is 6.81. The summed E-state index contributed by atoms with van der Waals surface area (Å²) < 4.78 is 0. The first-order valence-corrected chi connectivity index (χ1v) is 6.81. The highest BCUT2D eigenvalue weighted by molar-refractivity contribution is 6.11. The van der Waals surface area contributed by atoms with E-state index in [1.165, 1.54) is 23.3 Å². The molecule has 2 aromatic rings. The third kappa shape index (κ3) is 2.61. The van der Waals surface area contributed by atoms with E-state index in [1.807, 2.05) is 25.1 Å². The number of hydrogen-bond donors (Lipinski definition) is 1. The van der Waals surface area contributed by atoms with Gasteiger partial charge >= 0.3 is 5.69 Å². The highest BCUT2D eigenvalue weighted by atomic mass is 16.6. The number of fused-ring (bicyclic) bond motifs is 1. The Kier molecular flexibility index (Phi) is 3.49. The van der Waals surface area contributed by atoms with Crippen LogP contribution in [-0.4, -0.2) is 15.6 Å². The van der Waals surface area contributed by atoms with Crippen molar-refractivity contribution in [1.29, 1.82) is 0 Å². The minimum Gasteiger partial charge on any atom is -0.271 e. The SMILES string of the molecule is Cc1cccc2c1C/C2=N/Nc1ccc([N+](=O)[O-])cc1[N+](=O)[O-]. The molecule has 2 aromatic carbocycles. The normalized spacial score (nSPS) is 14.0. The van der Waals surface area contributed by atoms with Crippen molar-refractivity contribution in [2.75, 3.05) is 5.43 Å². The lowest BCUT2D eigenvalue weighted by molar-refractivity contribution is -0.393. The van der Waals surface area contributed by atoms with Crippen LogP contribution in [0.25, 0.3) is 0 Å². The predicted octanol–water partition coefficient (Wildman–Crippen LogP) is 3.18. The number of benzene rings is 2. The predicted molar refractivity (Wildman–Crippen MR) is 84.8 cm³/mol. The second kappa shape index (κ2) is 5.48. The molecule has 1 aliphatic carbocycles. The summed E-state index contributed by atoms with van der Waals surface area (Å²) in [5.41, 5.74) is 6.27. The molecule has 0 spiro atoms. The molecule has 0 radical (unpaired) electrons. The fourth-order valence-electron chi connectivity index (χ4n) is 2.47. The van der Waals surface area contributed by atoms with Crippen LogP contribution in [0.15, 0.2) is 41.5 Å². The highest BCUT2D eigenvalue weighted by Crippen LogP contribution is 2.30. The van der Waals surface area contributed by atoms with Gasteiger partial charge < -0.3 is 0 Å². The average Bonchev–Trinajstić information content (AvgIpc) is 2.49. The zero-order chi connectivity index (χ0) is 16.6. The van der Waals surface area contributed by atoms with Crippen LogP contribution in [0.1, 0.15) is 16.7 Å². The molecule has 116 valence electrons. The van der Waals surface area contributed by atoms with Gasteiger partial charge in [-0.1, -0.05) is 18.2 Å². The van der Waals surface area contributed by atoms with Crippen molar-refractivity contribution in [2.45, 2.75) is 13.3 Å². The lowest BCUT2D eigenvalue weighted by Crippen LogP contribution is -2.22. The molecule has 0 fully saturated rings. The maximum Gasteiger partial charge on any atom is 0.301 e. The number of hydrogen-bond acceptors (Lipinski definition) is 6. The molecule has 0 saturated heterocycles. The number of nitrogens with one attached hydrogen (secondary N) is 1. The molecule has 3 rings (SSSR count). The van der Waals surface area contributed by atoms with Crippen LogP contribution < -0.4 is 5.43 Å². The molecule has 1 N–H and O–H groups in total. The van der Waals surface area contributed by atoms with E-state index < -0.39 is 9.85 Å². The number of aryl methyl sites for hydroxylation is 1. The summed E-state index contributed by atoms with van der Waals surface area (Å²) in [5, 5.41) is 26.0. The second-order valence-electron chi connectivity index (χ2n) is 5.16. The molecule has 0 amide bonds. The van der Waals surface area contributed by atoms with E-state index >= 15 is 0 Å². The highest BCUT2D eigenvalue weighted by Gasteiger charge is 2.24. The number of nitro benzene ring substituents is 2. The molecular weight excluding hydrogens is 300 g/mol. The Labute approximate surface area is 130 Å². The molecule has 23 heavy (non-hydrogen) atoms. The van der Waals surface area contributed by atoms with Crippen molar-refractivity contribution in [3.63, 3.8) is 0 Å². The van der Waals surface area contributed by atoms with Gasteiger partial charge in [-0.05, 0) is 24.1 Å². The van der Waals surface area contributed by atoms with Crippen molar-refractivity contribution >= 4 is 22.8 Å². The zero-order valence-electron chi connectivity index (χ0n) is 12.1. The molecule has 8 nitrogen and oxygen atoms in total. The van der Waals surface area contributed by atoms with Crippen LogP contribution in [0.4, 0.5) is 17.1 Å². The Morgan fingerprint density at radius 2 is 1.91 bits per heavy atom. The summed E-state index contributed by atoms with van der Waals surface area (Å²) in [5.74, 6) is 0. The van der Waals surface area contributed by atoms with Crippen molar-refractivity contribution in [3.05, 3.63) is 73.3 Å². The number of anilines is 1. The van der Waals surface area contributed by atoms with E-state index in [9.17, 15) is 20.2 Å². The molecule has 0 aliphatic heterocycles. The Morgan fingerprint density at radius 3 is 2.61 bits per heavy atom. The molecular formula is C15H12N4O4. The summed E-state index contributed by atoms with van der Waals surface area (Å²) in [6.07, 6.45) is 0.690. The van der Waals surface area contributed by atoms with Gasteiger partial charge in [-0.15, -0.1) is 0 Å². The van der Waals surface area contributed by atoms with Gasteiger partial charge in [0.1, 0.15) is 5.69 Å². The Balaban J connectivity index is 1.88. The van der Waals surface area contributed by atoms with Crippen LogP contribution >= 0.6 is 0 Å². The molecule has 0 unspecified atom stereocenters. The zero-order valence-corrected chi connectivity index (χ0v) is 12.1. The quantitative estimate of drug-likeness (QED) is 0.688. The second-order valence-corrected chi connectivity index (χ2v) is 5.16. The van der Waals surface area contributed by atoms with Crippen molar-refractivity contribution < 1.29 is 9.85 Å². The topological polar surface area (TPSA) is 111 Å². The largest absolute Gasteiger partial charge is 0.301 e. The van der Waals surface area contributed by atoms with Crippen LogP contribution in [0.3, 0.4) is 0 Å². The number of hydrazone groups is 1. The van der Waals surface area contributed by atoms with Gasteiger partial charge in [0.2, 0.25) is 0 Å². The van der Waals surface area contributed by atoms with Crippen LogP contribution in [0, 0.1) is 27.2 Å². The van der Waals surface area contributed by atoms with Gasteiger partial charge in [-0.25, -0.2) is 0 Å². The lowest BCUT2D eigenvalue weighted by Gasteiger charge is -2.23. The van der Waals surface area contributed by atoms with Gasteiger partial charge in [-0.3, -0.25) is 25.7 Å². The van der Waals surface area contributed by atoms with Crippen molar-refractivity contribution in [2.24, 2.45) is 5.10 Å². The first-order chi connectivity index (χ1) is 11.0. The number of nitrogens with zero attached hydrogens (tertiary/aromatic N) is 3. The Bertz CT molecular complexity index is 861. The summed E-state index contributed by atoms with van der Waals surface area (Å²) in [7, 11) is 0. The van der Waals surface area contributed by atoms with Crippen LogP contribution in [-0.2, 0) is 6.42 Å². The van der Waals surface area contributed by atoms with Gasteiger partial charge in [0.05, 0.1) is 21.6 Å². The van der Waals surface area contributed by atoms with Crippen LogP contribution in [0.5, 0.6) is 0 Å². The Hall–Kier alpha value is -3.29. The molecule has 0 saturated carbocycles. The third-order valence-electron chi connectivity index (χ3n) is 3.77. The molecule has 1 aliphatic rings. The van der Waals surface area contributed by atoms with E-state index in [1.54, 1.807) is 0 Å². The maximum absolute atomic E-state index is 11.1.